The van der Waals surface area contributed by atoms with E-state index in [1.54, 1.807) is 24.3 Å². The average Bonchev–Trinajstić information content (AvgIpc) is 3.11. The third-order valence-corrected chi connectivity index (χ3v) is 5.38. The zero-order valence-electron chi connectivity index (χ0n) is 15.4. The van der Waals surface area contributed by atoms with Crippen LogP contribution in [0.15, 0.2) is 53.7 Å². The van der Waals surface area contributed by atoms with E-state index >= 15 is 0 Å². The van der Waals surface area contributed by atoms with E-state index in [2.05, 4.69) is 21.6 Å². The Hall–Kier alpha value is -2.82. The first-order chi connectivity index (χ1) is 13.5. The van der Waals surface area contributed by atoms with Crippen LogP contribution in [-0.2, 0) is 11.3 Å². The smallest absolute Gasteiger partial charge is 0.237 e. The second-order valence-corrected chi connectivity index (χ2v) is 7.74. The molecule has 0 saturated carbocycles. The van der Waals surface area contributed by atoms with Crippen LogP contribution in [0.1, 0.15) is 19.4 Å². The fourth-order valence-electron chi connectivity index (χ4n) is 2.60. The maximum Gasteiger partial charge on any atom is 0.237 e. The zero-order valence-corrected chi connectivity index (χ0v) is 17.0. The Kier molecular flexibility index (Phi) is 6.34. The predicted molar refractivity (Wildman–Crippen MR) is 111 cm³/mol. The average molecular weight is 412 g/mol. The van der Waals surface area contributed by atoms with Gasteiger partial charge in [0.1, 0.15) is 0 Å². The lowest BCUT2D eigenvalue weighted by atomic mass is 10.2. The molecule has 0 aliphatic rings. The Morgan fingerprint density at radius 3 is 2.71 bits per heavy atom. The Bertz CT molecular complexity index is 1030. The number of benzene rings is 2. The van der Waals surface area contributed by atoms with Gasteiger partial charge in [0, 0.05) is 22.8 Å². The van der Waals surface area contributed by atoms with Gasteiger partial charge in [-0.15, -0.1) is 10.2 Å². The minimum absolute atomic E-state index is 0.168. The number of nitriles is 1. The topological polar surface area (TPSA) is 83.6 Å². The number of carbonyl (C=O) groups is 1. The van der Waals surface area contributed by atoms with Gasteiger partial charge < -0.3 is 9.88 Å². The van der Waals surface area contributed by atoms with Crippen LogP contribution >= 0.6 is 23.4 Å². The highest BCUT2D eigenvalue weighted by Crippen LogP contribution is 2.28. The largest absolute Gasteiger partial charge is 0.325 e. The number of aromatic nitrogens is 3. The molecule has 0 spiro atoms. The molecule has 1 heterocycles. The first kappa shape index (κ1) is 19.9. The third kappa shape index (κ3) is 4.53. The predicted octanol–water partition coefficient (Wildman–Crippen LogP) is 4.61. The standard InChI is InChI=1S/C20H18ClN5OS/c1-3-26-18(15-7-9-16(21)10-8-15)24-25-20(26)28-13(2)19(27)23-17-6-4-5-14(11-17)12-22/h4-11,13H,3H2,1-2H3,(H,23,27)/t13-/m0/s1. The van der Waals surface area contributed by atoms with Crippen LogP contribution in [0.4, 0.5) is 5.69 Å². The van der Waals surface area contributed by atoms with E-state index in [9.17, 15) is 4.79 Å². The Balaban J connectivity index is 1.74. The molecule has 8 heteroatoms. The van der Waals surface area contributed by atoms with Crippen molar-refractivity contribution in [2.75, 3.05) is 5.32 Å². The van der Waals surface area contributed by atoms with Crippen molar-refractivity contribution in [3.05, 3.63) is 59.1 Å². The number of anilines is 1. The van der Waals surface area contributed by atoms with E-state index in [0.29, 0.717) is 28.0 Å². The van der Waals surface area contributed by atoms with E-state index in [1.807, 2.05) is 42.7 Å². The molecule has 6 nitrogen and oxygen atoms in total. The number of rotatable bonds is 6. The van der Waals surface area contributed by atoms with Gasteiger partial charge in [0.15, 0.2) is 11.0 Å². The molecule has 1 N–H and O–H groups in total. The van der Waals surface area contributed by atoms with Gasteiger partial charge in [-0.2, -0.15) is 5.26 Å². The molecule has 0 bridgehead atoms. The minimum atomic E-state index is -0.390. The molecule has 2 aromatic carbocycles. The van der Waals surface area contributed by atoms with Gasteiger partial charge in [0.25, 0.3) is 0 Å². The summed E-state index contributed by atoms with van der Waals surface area (Å²) in [6.45, 7) is 4.49. The molecule has 1 aromatic heterocycles. The minimum Gasteiger partial charge on any atom is -0.325 e. The van der Waals surface area contributed by atoms with Crippen molar-refractivity contribution in [3.63, 3.8) is 0 Å². The van der Waals surface area contributed by atoms with Crippen LogP contribution in [0.2, 0.25) is 5.02 Å². The maximum absolute atomic E-state index is 12.5. The summed E-state index contributed by atoms with van der Waals surface area (Å²) in [5, 5.41) is 21.3. The van der Waals surface area contributed by atoms with Gasteiger partial charge >= 0.3 is 0 Å². The summed E-state index contributed by atoms with van der Waals surface area (Å²) < 4.78 is 1.97. The number of thioether (sulfide) groups is 1. The molecule has 3 aromatic rings. The third-order valence-electron chi connectivity index (χ3n) is 4.05. The molecule has 1 amide bonds. The summed E-state index contributed by atoms with van der Waals surface area (Å²) in [6, 6.07) is 16.3. The second-order valence-electron chi connectivity index (χ2n) is 6.00. The number of nitrogens with zero attached hydrogens (tertiary/aromatic N) is 4. The second kappa shape index (κ2) is 8.91. The zero-order chi connectivity index (χ0) is 20.1. The van der Waals surface area contributed by atoms with Crippen molar-refractivity contribution < 1.29 is 4.79 Å². The quantitative estimate of drug-likeness (QED) is 0.599. The fraction of sp³-hybridized carbons (Fsp3) is 0.200. The molecular formula is C20H18ClN5OS. The van der Waals surface area contributed by atoms with Gasteiger partial charge in [-0.25, -0.2) is 0 Å². The van der Waals surface area contributed by atoms with Crippen LogP contribution in [-0.4, -0.2) is 25.9 Å². The van der Waals surface area contributed by atoms with E-state index < -0.39 is 5.25 Å². The van der Waals surface area contributed by atoms with Gasteiger partial charge in [-0.05, 0) is 56.3 Å². The summed E-state index contributed by atoms with van der Waals surface area (Å²) in [6.07, 6.45) is 0. The summed E-state index contributed by atoms with van der Waals surface area (Å²) in [5.41, 5.74) is 2.00. The van der Waals surface area contributed by atoms with Crippen molar-refractivity contribution in [1.29, 1.82) is 5.26 Å². The number of nitrogens with one attached hydrogen (secondary N) is 1. The van der Waals surface area contributed by atoms with Crippen LogP contribution in [0.5, 0.6) is 0 Å². The number of halogens is 1. The van der Waals surface area contributed by atoms with Crippen molar-refractivity contribution in [2.45, 2.75) is 30.8 Å². The van der Waals surface area contributed by atoms with Crippen molar-refractivity contribution in [3.8, 4) is 17.5 Å². The molecule has 0 unspecified atom stereocenters. The summed E-state index contributed by atoms with van der Waals surface area (Å²) in [4.78, 5) is 12.5. The molecule has 3 rings (SSSR count). The van der Waals surface area contributed by atoms with Crippen LogP contribution in [0.25, 0.3) is 11.4 Å². The lowest BCUT2D eigenvalue weighted by Crippen LogP contribution is -2.23. The summed E-state index contributed by atoms with van der Waals surface area (Å²) >= 11 is 7.30. The normalized spacial score (nSPS) is 11.6. The molecule has 0 radical (unpaired) electrons. The van der Waals surface area contributed by atoms with E-state index in [0.717, 1.165) is 11.4 Å². The Labute approximate surface area is 172 Å². The molecule has 142 valence electrons. The highest BCUT2D eigenvalue weighted by Gasteiger charge is 2.20. The molecule has 28 heavy (non-hydrogen) atoms. The van der Waals surface area contributed by atoms with Gasteiger partial charge in [-0.1, -0.05) is 29.4 Å². The van der Waals surface area contributed by atoms with Crippen LogP contribution in [0, 0.1) is 11.3 Å². The highest BCUT2D eigenvalue weighted by atomic mass is 35.5. The van der Waals surface area contributed by atoms with Crippen molar-refractivity contribution in [2.24, 2.45) is 0 Å². The number of carbonyl (C=O) groups excluding carboxylic acids is 1. The monoisotopic (exact) mass is 411 g/mol. The van der Waals surface area contributed by atoms with Gasteiger partial charge in [0.05, 0.1) is 16.9 Å². The maximum atomic E-state index is 12.5. The first-order valence-corrected chi connectivity index (χ1v) is 9.94. The SMILES string of the molecule is CCn1c(S[C@@H](C)C(=O)Nc2cccc(C#N)c2)nnc1-c1ccc(Cl)cc1. The molecule has 0 aliphatic heterocycles. The first-order valence-electron chi connectivity index (χ1n) is 8.68. The molecule has 0 fully saturated rings. The Morgan fingerprint density at radius 2 is 2.04 bits per heavy atom. The van der Waals surface area contributed by atoms with Crippen molar-refractivity contribution in [1.82, 2.24) is 14.8 Å². The lowest BCUT2D eigenvalue weighted by Gasteiger charge is -2.13. The molecule has 0 aliphatic carbocycles. The van der Waals surface area contributed by atoms with Gasteiger partial charge in [-0.3, -0.25) is 4.79 Å². The number of hydrogen-bond acceptors (Lipinski definition) is 5. The lowest BCUT2D eigenvalue weighted by molar-refractivity contribution is -0.115. The van der Waals surface area contributed by atoms with Crippen molar-refractivity contribution >= 4 is 35.0 Å². The summed E-state index contributed by atoms with van der Waals surface area (Å²) in [5.74, 6) is 0.565. The number of hydrogen-bond donors (Lipinski definition) is 1. The number of amides is 1. The fourth-order valence-corrected chi connectivity index (χ4v) is 3.63. The Morgan fingerprint density at radius 1 is 1.29 bits per heavy atom. The van der Waals surface area contributed by atoms with Crippen LogP contribution < -0.4 is 5.32 Å². The molecule has 1 atom stereocenters. The molecule has 0 saturated heterocycles. The highest BCUT2D eigenvalue weighted by molar-refractivity contribution is 8.00. The van der Waals surface area contributed by atoms with Crippen LogP contribution in [0.3, 0.4) is 0 Å². The van der Waals surface area contributed by atoms with E-state index in [-0.39, 0.29) is 5.91 Å². The molecular weight excluding hydrogens is 394 g/mol. The van der Waals surface area contributed by atoms with Gasteiger partial charge in [0.2, 0.25) is 5.91 Å². The van der Waals surface area contributed by atoms with E-state index in [4.69, 9.17) is 16.9 Å². The van der Waals surface area contributed by atoms with E-state index in [1.165, 1.54) is 11.8 Å². The summed E-state index contributed by atoms with van der Waals surface area (Å²) in [7, 11) is 0.